The Kier molecular flexibility index (Phi) is 6.18. The van der Waals surface area contributed by atoms with Crippen LogP contribution in [-0.4, -0.2) is 55.9 Å². The molecule has 7 nitrogen and oxygen atoms in total. The molecule has 1 fully saturated rings. The molecular weight excluding hydrogens is 366 g/mol. The number of phenolic OH excluding ortho intramolecular Hbond substituents is 1. The van der Waals surface area contributed by atoms with Gasteiger partial charge in [-0.25, -0.2) is 13.2 Å². The second-order valence-electron chi connectivity index (χ2n) is 6.54. The highest BCUT2D eigenvalue weighted by Crippen LogP contribution is 2.38. The average Bonchev–Trinajstić information content (AvgIpc) is 2.52. The summed E-state index contributed by atoms with van der Waals surface area (Å²) in [7, 11) is -1.76. The Morgan fingerprint density at radius 2 is 1.92 bits per heavy atom. The molecular formula is C16H24ClN3O4S. The van der Waals surface area contributed by atoms with Crippen molar-refractivity contribution >= 4 is 33.2 Å². The number of hydrogen-bond acceptors (Lipinski definition) is 5. The summed E-state index contributed by atoms with van der Waals surface area (Å²) in [4.78, 5) is 14.0. The third-order valence-corrected chi connectivity index (χ3v) is 6.94. The van der Waals surface area contributed by atoms with E-state index in [0.29, 0.717) is 0 Å². The molecule has 0 aromatic heterocycles. The van der Waals surface area contributed by atoms with Crippen LogP contribution in [0.3, 0.4) is 0 Å². The second-order valence-corrected chi connectivity index (χ2v) is 9.39. The summed E-state index contributed by atoms with van der Waals surface area (Å²) in [5.74, 6) is -0.542. The normalized spacial score (nSPS) is 16.8. The van der Waals surface area contributed by atoms with Crippen molar-refractivity contribution in [3.8, 4) is 5.75 Å². The van der Waals surface area contributed by atoms with Crippen molar-refractivity contribution in [3.05, 3.63) is 17.2 Å². The molecule has 140 valence electrons. The predicted octanol–water partition coefficient (Wildman–Crippen LogP) is 2.44. The molecule has 0 atom stereocenters. The molecule has 2 rings (SSSR count). The maximum absolute atomic E-state index is 12.4. The van der Waals surface area contributed by atoms with Crippen molar-refractivity contribution in [2.45, 2.75) is 42.9 Å². The number of aromatic hydroxyl groups is 1. The van der Waals surface area contributed by atoms with Crippen molar-refractivity contribution in [2.24, 2.45) is 0 Å². The number of anilines is 1. The van der Waals surface area contributed by atoms with E-state index in [-0.39, 0.29) is 21.6 Å². The van der Waals surface area contributed by atoms with Crippen molar-refractivity contribution in [1.29, 1.82) is 0 Å². The summed E-state index contributed by atoms with van der Waals surface area (Å²) in [5, 5.41) is 14.9. The number of sulfone groups is 1. The van der Waals surface area contributed by atoms with Crippen LogP contribution in [0.4, 0.5) is 10.5 Å². The molecule has 9 heteroatoms. The van der Waals surface area contributed by atoms with Crippen LogP contribution in [0.5, 0.6) is 5.75 Å². The maximum Gasteiger partial charge on any atom is 0.319 e. The summed E-state index contributed by atoms with van der Waals surface area (Å²) >= 11 is 5.96. The number of likely N-dealkylation sites (tertiary alicyclic amines) is 1. The lowest BCUT2D eigenvalue weighted by molar-refractivity contribution is 0.221. The number of phenols is 1. The first kappa shape index (κ1) is 19.8. The predicted molar refractivity (Wildman–Crippen MR) is 98.1 cm³/mol. The summed E-state index contributed by atoms with van der Waals surface area (Å²) in [6.07, 6.45) is 1.67. The molecule has 0 bridgehead atoms. The largest absolute Gasteiger partial charge is 0.504 e. The van der Waals surface area contributed by atoms with Crippen LogP contribution in [0.25, 0.3) is 0 Å². The highest BCUT2D eigenvalue weighted by Gasteiger charge is 2.28. The van der Waals surface area contributed by atoms with Crippen LogP contribution in [0.2, 0.25) is 5.02 Å². The van der Waals surface area contributed by atoms with E-state index in [9.17, 15) is 18.3 Å². The third-order valence-electron chi connectivity index (χ3n) is 4.29. The molecule has 0 saturated carbocycles. The van der Waals surface area contributed by atoms with E-state index in [4.69, 9.17) is 11.6 Å². The Balaban J connectivity index is 2.16. The smallest absolute Gasteiger partial charge is 0.319 e. The number of rotatable bonds is 4. The average molecular weight is 390 g/mol. The van der Waals surface area contributed by atoms with Gasteiger partial charge in [0.2, 0.25) is 0 Å². The standard InChI is InChI=1S/C16H24ClN3O4S/c1-10(2)25(23,24)15-12(17)4-5-13(14(15)21)19-16(22)18-11-6-8-20(3)9-7-11/h4-5,10-11,21H,6-9H2,1-3H3,(H2,18,19,22). The minimum atomic E-state index is -3.79. The number of urea groups is 1. The first-order chi connectivity index (χ1) is 11.6. The second kappa shape index (κ2) is 7.80. The number of nitrogens with one attached hydrogen (secondary N) is 2. The minimum absolute atomic E-state index is 0.00838. The van der Waals surface area contributed by atoms with Gasteiger partial charge >= 0.3 is 6.03 Å². The van der Waals surface area contributed by atoms with Crippen LogP contribution >= 0.6 is 11.6 Å². The Bertz CT molecular complexity index is 744. The lowest BCUT2D eigenvalue weighted by Gasteiger charge is -2.29. The molecule has 0 unspecified atom stereocenters. The van der Waals surface area contributed by atoms with Gasteiger partial charge < -0.3 is 20.6 Å². The quantitative estimate of drug-likeness (QED) is 0.687. The van der Waals surface area contributed by atoms with Gasteiger partial charge in [-0.15, -0.1) is 0 Å². The monoisotopic (exact) mass is 389 g/mol. The summed E-state index contributed by atoms with van der Waals surface area (Å²) in [6, 6.07) is 2.29. The Morgan fingerprint density at radius 3 is 2.48 bits per heavy atom. The number of piperidine rings is 1. The fourth-order valence-electron chi connectivity index (χ4n) is 2.65. The molecule has 1 aliphatic rings. The molecule has 1 aromatic rings. The van der Waals surface area contributed by atoms with Gasteiger partial charge in [0.15, 0.2) is 15.6 Å². The van der Waals surface area contributed by atoms with Gasteiger partial charge in [-0.1, -0.05) is 11.6 Å². The lowest BCUT2D eigenvalue weighted by atomic mass is 10.1. The van der Waals surface area contributed by atoms with E-state index < -0.39 is 26.9 Å². The molecule has 3 N–H and O–H groups in total. The number of halogens is 1. The molecule has 2 amide bonds. The van der Waals surface area contributed by atoms with E-state index in [1.54, 1.807) is 0 Å². The van der Waals surface area contributed by atoms with Crippen molar-refractivity contribution in [1.82, 2.24) is 10.2 Å². The number of carbonyl (C=O) groups is 1. The van der Waals surface area contributed by atoms with Gasteiger partial charge in [-0.05, 0) is 59.0 Å². The number of benzene rings is 1. The van der Waals surface area contributed by atoms with Crippen LogP contribution in [-0.2, 0) is 9.84 Å². The highest BCUT2D eigenvalue weighted by molar-refractivity contribution is 7.92. The van der Waals surface area contributed by atoms with Crippen LogP contribution < -0.4 is 10.6 Å². The zero-order chi connectivity index (χ0) is 18.8. The Labute approximate surface area is 153 Å². The van der Waals surface area contributed by atoms with Crippen molar-refractivity contribution in [3.63, 3.8) is 0 Å². The van der Waals surface area contributed by atoms with E-state index in [1.165, 1.54) is 26.0 Å². The Hall–Kier alpha value is -1.51. The lowest BCUT2D eigenvalue weighted by Crippen LogP contribution is -2.44. The zero-order valence-electron chi connectivity index (χ0n) is 14.5. The highest BCUT2D eigenvalue weighted by atomic mass is 35.5. The SMILES string of the molecule is CC(C)S(=O)(=O)c1c(Cl)ccc(NC(=O)NC2CCN(C)CC2)c1O. The molecule has 0 aliphatic carbocycles. The van der Waals surface area contributed by atoms with Crippen molar-refractivity contribution in [2.75, 3.05) is 25.5 Å². The van der Waals surface area contributed by atoms with E-state index in [1.807, 2.05) is 7.05 Å². The summed E-state index contributed by atoms with van der Waals surface area (Å²) in [5.41, 5.74) is 0.00838. The van der Waals surface area contributed by atoms with Gasteiger partial charge in [-0.2, -0.15) is 0 Å². The maximum atomic E-state index is 12.4. The van der Waals surface area contributed by atoms with Gasteiger partial charge in [0, 0.05) is 6.04 Å². The van der Waals surface area contributed by atoms with Crippen LogP contribution in [0, 0.1) is 0 Å². The summed E-state index contributed by atoms with van der Waals surface area (Å²) in [6.45, 7) is 4.79. The number of amides is 2. The van der Waals surface area contributed by atoms with E-state index >= 15 is 0 Å². The molecule has 0 spiro atoms. The van der Waals surface area contributed by atoms with E-state index in [0.717, 1.165) is 25.9 Å². The topological polar surface area (TPSA) is 98.7 Å². The molecule has 1 saturated heterocycles. The Morgan fingerprint density at radius 1 is 1.32 bits per heavy atom. The molecule has 0 radical (unpaired) electrons. The van der Waals surface area contributed by atoms with Gasteiger partial charge in [0.05, 0.1) is 16.0 Å². The fraction of sp³-hybridized carbons (Fsp3) is 0.562. The third kappa shape index (κ3) is 4.56. The van der Waals surface area contributed by atoms with Crippen LogP contribution in [0.1, 0.15) is 26.7 Å². The van der Waals surface area contributed by atoms with E-state index in [2.05, 4.69) is 15.5 Å². The zero-order valence-corrected chi connectivity index (χ0v) is 16.1. The molecule has 25 heavy (non-hydrogen) atoms. The van der Waals surface area contributed by atoms with Gasteiger partial charge in [0.1, 0.15) is 4.90 Å². The molecule has 1 heterocycles. The molecule has 1 aliphatic heterocycles. The van der Waals surface area contributed by atoms with Gasteiger partial charge in [-0.3, -0.25) is 0 Å². The number of nitrogens with zero attached hydrogens (tertiary/aromatic N) is 1. The number of carbonyl (C=O) groups excluding carboxylic acids is 1. The fourth-order valence-corrected chi connectivity index (χ4v) is 4.32. The van der Waals surface area contributed by atoms with Gasteiger partial charge in [0.25, 0.3) is 0 Å². The van der Waals surface area contributed by atoms with Crippen LogP contribution in [0.15, 0.2) is 17.0 Å². The minimum Gasteiger partial charge on any atom is -0.504 e. The molecule has 1 aromatic carbocycles. The summed E-state index contributed by atoms with van der Waals surface area (Å²) < 4.78 is 24.8. The number of hydrogen-bond donors (Lipinski definition) is 3. The van der Waals surface area contributed by atoms with Crippen molar-refractivity contribution < 1.29 is 18.3 Å². The first-order valence-electron chi connectivity index (χ1n) is 8.14. The first-order valence-corrected chi connectivity index (χ1v) is 10.1.